The van der Waals surface area contributed by atoms with Crippen LogP contribution in [0.2, 0.25) is 0 Å². The number of anilines is 2. The van der Waals surface area contributed by atoms with Crippen molar-refractivity contribution in [1.82, 2.24) is 0 Å². The molecule has 356 valence electrons. The van der Waals surface area contributed by atoms with Crippen molar-refractivity contribution in [2.45, 2.75) is 70.1 Å². The first-order valence-electron chi connectivity index (χ1n) is 20.8. The molecule has 3 rings (SSSR count). The van der Waals surface area contributed by atoms with Gasteiger partial charge in [0.15, 0.2) is 0 Å². The number of rotatable bonds is 29. The first-order valence-corrected chi connectivity index (χ1v) is 25.5. The van der Waals surface area contributed by atoms with Crippen molar-refractivity contribution >= 4 is 47.3 Å². The van der Waals surface area contributed by atoms with Gasteiger partial charge in [-0.2, -0.15) is 25.3 Å². The van der Waals surface area contributed by atoms with Crippen LogP contribution in [-0.2, 0) is 54.7 Å². The van der Waals surface area contributed by atoms with Crippen LogP contribution in [0.25, 0.3) is 5.57 Å². The van der Waals surface area contributed by atoms with E-state index in [1.165, 1.54) is 12.1 Å². The molecule has 5 N–H and O–H groups in total. The lowest BCUT2D eigenvalue weighted by Gasteiger charge is -2.30. The van der Waals surface area contributed by atoms with Gasteiger partial charge in [0.1, 0.15) is 5.75 Å². The lowest BCUT2D eigenvalue weighted by Crippen LogP contribution is -2.30. The van der Waals surface area contributed by atoms with Crippen molar-refractivity contribution in [3.8, 4) is 5.75 Å². The highest BCUT2D eigenvalue weighted by Crippen LogP contribution is 2.51. The summed E-state index contributed by atoms with van der Waals surface area (Å²) < 4.78 is 121. The number of phenols is 1. The smallest absolute Gasteiger partial charge is 0.294 e. The van der Waals surface area contributed by atoms with Crippen molar-refractivity contribution in [2.75, 3.05) is 101 Å². The maximum Gasteiger partial charge on any atom is 0.294 e. The fourth-order valence-electron chi connectivity index (χ4n) is 7.39. The maximum absolute atomic E-state index is 12.1. The summed E-state index contributed by atoms with van der Waals surface area (Å²) in [5.74, 6) is -0.905. The average Bonchev–Trinajstić information content (AvgIpc) is 3.41. The standard InChI is InChI=1S/C43H66N2O15S3/c1-42(2,3)37(36-16-14-34(32-40(36)47)44(19-10-30-61(48,49)50)21-23-58-26-27-60-29-28-59-25-24-57-5)12-7-6-8-13-41-43(4,18-9-22-46)38-33-35(63(54,55)56)15-17-39(38)45(41)20-11-31-62(51,52)53/h6,8,12-17,32-33,46-47H,7,9-11,18-31H2,1-5H3,(H,48,49,50)(H,51,52,53)(H,54,55,56)/b8-6+,37-12+,41-13+. The summed E-state index contributed by atoms with van der Waals surface area (Å²) in [7, 11) is -11.4. The van der Waals surface area contributed by atoms with Crippen molar-refractivity contribution in [2.24, 2.45) is 5.41 Å². The predicted molar refractivity (Wildman–Crippen MR) is 243 cm³/mol. The van der Waals surface area contributed by atoms with Gasteiger partial charge in [0.25, 0.3) is 30.4 Å². The Balaban J connectivity index is 1.86. The van der Waals surface area contributed by atoms with Gasteiger partial charge >= 0.3 is 0 Å². The van der Waals surface area contributed by atoms with E-state index < -0.39 is 52.7 Å². The number of hydrogen-bond acceptors (Lipinski definition) is 14. The van der Waals surface area contributed by atoms with E-state index in [0.717, 1.165) is 5.57 Å². The second-order valence-corrected chi connectivity index (χ2v) is 20.9. The van der Waals surface area contributed by atoms with E-state index >= 15 is 0 Å². The second-order valence-electron chi connectivity index (χ2n) is 16.3. The molecule has 0 aliphatic carbocycles. The Morgan fingerprint density at radius 1 is 0.810 bits per heavy atom. The Labute approximate surface area is 373 Å². The molecule has 1 heterocycles. The van der Waals surface area contributed by atoms with Crippen LogP contribution in [0.1, 0.15) is 70.9 Å². The minimum atomic E-state index is -4.55. The normalized spacial score (nSPS) is 17.0. The molecule has 17 nitrogen and oxygen atoms in total. The van der Waals surface area contributed by atoms with E-state index in [4.69, 9.17) is 18.9 Å². The Morgan fingerprint density at radius 3 is 2.00 bits per heavy atom. The molecule has 0 radical (unpaired) electrons. The highest BCUT2D eigenvalue weighted by molar-refractivity contribution is 7.86. The first kappa shape index (κ1) is 53.9. The van der Waals surface area contributed by atoms with Crippen LogP contribution in [0.15, 0.2) is 71.3 Å². The third-order valence-corrected chi connectivity index (χ3v) is 12.9. The molecule has 20 heteroatoms. The number of allylic oxidation sites excluding steroid dienone is 6. The minimum absolute atomic E-state index is 0.00903. The summed E-state index contributed by atoms with van der Waals surface area (Å²) in [6.45, 7) is 11.4. The topological polar surface area (TPSA) is 247 Å². The number of aliphatic hydroxyl groups excluding tert-OH is 1. The van der Waals surface area contributed by atoms with E-state index in [2.05, 4.69) is 0 Å². The Kier molecular flexibility index (Phi) is 21.2. The van der Waals surface area contributed by atoms with Crippen LogP contribution in [0.4, 0.5) is 11.4 Å². The molecule has 0 bridgehead atoms. The van der Waals surface area contributed by atoms with Crippen molar-refractivity contribution < 1.29 is 68.1 Å². The minimum Gasteiger partial charge on any atom is -0.507 e. The quantitative estimate of drug-likeness (QED) is 0.0499. The van der Waals surface area contributed by atoms with Crippen LogP contribution in [0.5, 0.6) is 5.75 Å². The predicted octanol–water partition coefficient (Wildman–Crippen LogP) is 5.51. The fraction of sp³-hybridized carbons (Fsp3) is 0.581. The second kappa shape index (κ2) is 24.8. The summed E-state index contributed by atoms with van der Waals surface area (Å²) in [5.41, 5.74) is 2.70. The lowest BCUT2D eigenvalue weighted by molar-refractivity contribution is 0.00455. The van der Waals surface area contributed by atoms with Crippen molar-refractivity contribution in [3.63, 3.8) is 0 Å². The largest absolute Gasteiger partial charge is 0.507 e. The van der Waals surface area contributed by atoms with Crippen LogP contribution in [-0.4, -0.2) is 140 Å². The van der Waals surface area contributed by atoms with Gasteiger partial charge in [-0.3, -0.25) is 13.7 Å². The van der Waals surface area contributed by atoms with Gasteiger partial charge in [-0.05, 0) is 92.0 Å². The molecule has 63 heavy (non-hydrogen) atoms. The molecule has 0 saturated heterocycles. The van der Waals surface area contributed by atoms with E-state index in [1.807, 2.05) is 67.9 Å². The van der Waals surface area contributed by atoms with Crippen LogP contribution >= 0.6 is 0 Å². The first-order chi connectivity index (χ1) is 29.5. The zero-order chi connectivity index (χ0) is 46.9. The average molecular weight is 947 g/mol. The summed E-state index contributed by atoms with van der Waals surface area (Å²) in [6, 6.07) is 9.48. The van der Waals surface area contributed by atoms with Gasteiger partial charge in [-0.1, -0.05) is 39.0 Å². The molecule has 0 saturated carbocycles. The number of hydrogen-bond donors (Lipinski definition) is 5. The van der Waals surface area contributed by atoms with Gasteiger partial charge in [0.2, 0.25) is 0 Å². The summed E-state index contributed by atoms with van der Waals surface area (Å²) in [6.07, 6.45) is 8.97. The molecular formula is C43H66N2O15S3. The van der Waals surface area contributed by atoms with Crippen molar-refractivity contribution in [3.05, 3.63) is 77.5 Å². The van der Waals surface area contributed by atoms with E-state index in [-0.39, 0.29) is 43.2 Å². The molecule has 0 spiro atoms. The fourth-order valence-corrected chi connectivity index (χ4v) is 8.88. The van der Waals surface area contributed by atoms with Crippen LogP contribution in [0, 0.1) is 5.41 Å². The number of benzene rings is 2. The Hall–Kier alpha value is -3.41. The van der Waals surface area contributed by atoms with Crippen LogP contribution in [0.3, 0.4) is 0 Å². The zero-order valence-corrected chi connectivity index (χ0v) is 39.4. The van der Waals surface area contributed by atoms with Gasteiger partial charge in [0.05, 0.1) is 62.6 Å². The number of ether oxygens (including phenoxy) is 4. The summed E-state index contributed by atoms with van der Waals surface area (Å²) in [5, 5.41) is 21.2. The molecule has 0 fully saturated rings. The molecule has 2 aromatic carbocycles. The summed E-state index contributed by atoms with van der Waals surface area (Å²) >= 11 is 0. The van der Waals surface area contributed by atoms with Gasteiger partial charge in [-0.15, -0.1) is 0 Å². The molecule has 1 atom stereocenters. The molecule has 1 aliphatic heterocycles. The van der Waals surface area contributed by atoms with E-state index in [9.17, 15) is 49.1 Å². The maximum atomic E-state index is 12.1. The number of fused-ring (bicyclic) bond motifs is 1. The van der Waals surface area contributed by atoms with Crippen molar-refractivity contribution in [1.29, 1.82) is 0 Å². The molecule has 0 amide bonds. The highest BCUT2D eigenvalue weighted by atomic mass is 32.2. The monoisotopic (exact) mass is 946 g/mol. The van der Waals surface area contributed by atoms with Gasteiger partial charge in [0, 0.05) is 67.5 Å². The molecular weight excluding hydrogens is 881 g/mol. The third-order valence-electron chi connectivity index (χ3n) is 10.4. The van der Waals surface area contributed by atoms with Crippen LogP contribution < -0.4 is 9.80 Å². The number of aliphatic hydroxyl groups is 1. The number of methoxy groups -OCH3 is 1. The Morgan fingerprint density at radius 2 is 1.43 bits per heavy atom. The van der Waals surface area contributed by atoms with E-state index in [0.29, 0.717) is 100 Å². The SMILES string of the molecule is COCCOCCOCCOCCN(CCCS(=O)(=O)O)c1ccc(/C(=C\C/C=C/C=C2/N(CCCS(=O)(=O)O)c3ccc(S(=O)(=O)O)cc3C2(C)CCCO)C(C)(C)C)c(O)c1. The molecule has 1 aliphatic rings. The van der Waals surface area contributed by atoms with Gasteiger partial charge in [-0.25, -0.2) is 0 Å². The number of nitrogens with zero attached hydrogens (tertiary/aromatic N) is 2. The molecule has 0 aromatic heterocycles. The third kappa shape index (κ3) is 17.8. The molecule has 1 unspecified atom stereocenters. The lowest BCUT2D eigenvalue weighted by atomic mass is 9.77. The van der Waals surface area contributed by atoms with Gasteiger partial charge < -0.3 is 39.0 Å². The molecule has 2 aromatic rings. The highest BCUT2D eigenvalue weighted by Gasteiger charge is 2.43. The Bertz CT molecular complexity index is 2200. The zero-order valence-electron chi connectivity index (χ0n) is 36.9. The summed E-state index contributed by atoms with van der Waals surface area (Å²) in [4.78, 5) is 3.44. The van der Waals surface area contributed by atoms with E-state index in [1.54, 1.807) is 25.3 Å². The number of phenolic OH excluding ortho intramolecular Hbond substituents is 1. The number of aromatic hydroxyl groups is 1.